The van der Waals surface area contributed by atoms with Crippen LogP contribution in [0.15, 0.2) is 36.4 Å². The van der Waals surface area contributed by atoms with E-state index in [1.54, 1.807) is 11.3 Å². The van der Waals surface area contributed by atoms with E-state index in [9.17, 15) is 4.79 Å². The third kappa shape index (κ3) is 2.89. The van der Waals surface area contributed by atoms with Gasteiger partial charge in [-0.3, -0.25) is 4.79 Å². The van der Waals surface area contributed by atoms with Crippen molar-refractivity contribution < 1.29 is 4.79 Å². The maximum atomic E-state index is 11.9. The maximum absolute atomic E-state index is 11.9. The van der Waals surface area contributed by atoms with Crippen molar-refractivity contribution in [3.63, 3.8) is 0 Å². The molecular formula is C15H14N2OS2. The lowest BCUT2D eigenvalue weighted by Gasteiger charge is -2.01. The Morgan fingerprint density at radius 3 is 2.80 bits per heavy atom. The first-order valence-electron chi connectivity index (χ1n) is 6.41. The number of aromatic nitrogens is 1. The molecule has 0 fully saturated rings. The minimum atomic E-state index is 0.00390. The minimum Gasteiger partial charge on any atom is -0.351 e. The number of hydrogen-bond donors (Lipinski definition) is 1. The summed E-state index contributed by atoms with van der Waals surface area (Å²) in [5.74, 6) is 0.00390. The number of nitrogens with one attached hydrogen (secondary N) is 1. The highest BCUT2D eigenvalue weighted by atomic mass is 32.1. The molecule has 0 unspecified atom stereocenters. The predicted molar refractivity (Wildman–Crippen MR) is 84.7 cm³/mol. The molecule has 1 aromatic carbocycles. The molecule has 0 atom stereocenters. The van der Waals surface area contributed by atoms with Crippen molar-refractivity contribution >= 4 is 38.8 Å². The lowest BCUT2D eigenvalue weighted by molar-refractivity contribution is 0.0958. The van der Waals surface area contributed by atoms with E-state index in [1.165, 1.54) is 16.0 Å². The Bertz CT molecular complexity index is 712. The topological polar surface area (TPSA) is 42.0 Å². The molecule has 20 heavy (non-hydrogen) atoms. The van der Waals surface area contributed by atoms with Crippen LogP contribution in [-0.4, -0.2) is 17.4 Å². The summed E-state index contributed by atoms with van der Waals surface area (Å²) in [6.07, 6.45) is 0.773. The highest BCUT2D eigenvalue weighted by Gasteiger charge is 2.08. The Balaban J connectivity index is 1.58. The molecule has 2 heterocycles. The lowest BCUT2D eigenvalue weighted by Crippen LogP contribution is -2.24. The van der Waals surface area contributed by atoms with Gasteiger partial charge in [0, 0.05) is 17.8 Å². The number of fused-ring (bicyclic) bond motifs is 1. The second-order valence-electron chi connectivity index (χ2n) is 4.49. The zero-order valence-electron chi connectivity index (χ0n) is 11.1. The molecule has 0 saturated carbocycles. The van der Waals surface area contributed by atoms with Gasteiger partial charge in [-0.25, -0.2) is 4.98 Å². The number of benzene rings is 1. The summed E-state index contributed by atoms with van der Waals surface area (Å²) in [4.78, 5) is 18.4. The van der Waals surface area contributed by atoms with Gasteiger partial charge in [-0.05, 0) is 31.2 Å². The molecule has 1 N–H and O–H groups in total. The van der Waals surface area contributed by atoms with Crippen molar-refractivity contribution in [2.24, 2.45) is 0 Å². The molecule has 0 aliphatic carbocycles. The van der Waals surface area contributed by atoms with Crippen molar-refractivity contribution in [3.05, 3.63) is 51.2 Å². The third-order valence-electron chi connectivity index (χ3n) is 2.93. The van der Waals surface area contributed by atoms with Crippen LogP contribution in [0.3, 0.4) is 0 Å². The maximum Gasteiger partial charge on any atom is 0.261 e. The molecule has 3 nitrogen and oxygen atoms in total. The zero-order chi connectivity index (χ0) is 13.9. The number of rotatable bonds is 4. The van der Waals surface area contributed by atoms with E-state index in [0.717, 1.165) is 26.7 Å². The highest BCUT2D eigenvalue weighted by Crippen LogP contribution is 2.21. The first-order chi connectivity index (χ1) is 9.72. The van der Waals surface area contributed by atoms with Crippen LogP contribution in [0.4, 0.5) is 0 Å². The van der Waals surface area contributed by atoms with Gasteiger partial charge in [0.1, 0.15) is 0 Å². The highest BCUT2D eigenvalue weighted by molar-refractivity contribution is 7.18. The monoisotopic (exact) mass is 302 g/mol. The summed E-state index contributed by atoms with van der Waals surface area (Å²) in [5.41, 5.74) is 1.03. The van der Waals surface area contributed by atoms with Crippen LogP contribution < -0.4 is 5.32 Å². The molecule has 0 aliphatic heterocycles. The number of aryl methyl sites for hydroxylation is 1. The van der Waals surface area contributed by atoms with Gasteiger partial charge in [-0.15, -0.1) is 22.7 Å². The number of thiophene rings is 1. The summed E-state index contributed by atoms with van der Waals surface area (Å²) in [6, 6.07) is 11.9. The third-order valence-corrected chi connectivity index (χ3v) is 5.02. The number of hydrogen-bond acceptors (Lipinski definition) is 4. The molecule has 5 heteroatoms. The van der Waals surface area contributed by atoms with Crippen molar-refractivity contribution in [3.8, 4) is 0 Å². The van der Waals surface area contributed by atoms with Gasteiger partial charge in [-0.2, -0.15) is 0 Å². The normalized spacial score (nSPS) is 10.8. The van der Waals surface area contributed by atoms with Crippen molar-refractivity contribution in [2.45, 2.75) is 13.3 Å². The Kier molecular flexibility index (Phi) is 3.80. The number of carbonyl (C=O) groups is 1. The molecule has 0 radical (unpaired) electrons. The number of para-hydroxylation sites is 1. The van der Waals surface area contributed by atoms with Gasteiger partial charge in [0.25, 0.3) is 5.91 Å². The van der Waals surface area contributed by atoms with E-state index in [2.05, 4.69) is 16.4 Å². The van der Waals surface area contributed by atoms with E-state index in [1.807, 2.05) is 37.3 Å². The summed E-state index contributed by atoms with van der Waals surface area (Å²) in [5, 5.41) is 4.01. The number of thiazole rings is 1. The molecule has 2 aromatic heterocycles. The predicted octanol–water partition coefficient (Wildman–Crippen LogP) is 3.64. The number of carbonyl (C=O) groups excluding carboxylic acids is 1. The van der Waals surface area contributed by atoms with Crippen molar-refractivity contribution in [1.82, 2.24) is 10.3 Å². The van der Waals surface area contributed by atoms with Crippen LogP contribution in [0.25, 0.3) is 10.2 Å². The largest absolute Gasteiger partial charge is 0.351 e. The van der Waals surface area contributed by atoms with Crippen LogP contribution in [0.2, 0.25) is 0 Å². The van der Waals surface area contributed by atoms with Crippen molar-refractivity contribution in [1.29, 1.82) is 0 Å². The van der Waals surface area contributed by atoms with E-state index in [-0.39, 0.29) is 5.91 Å². The molecular weight excluding hydrogens is 288 g/mol. The van der Waals surface area contributed by atoms with Gasteiger partial charge >= 0.3 is 0 Å². The van der Waals surface area contributed by atoms with E-state index in [0.29, 0.717) is 6.54 Å². The Hall–Kier alpha value is -1.72. The van der Waals surface area contributed by atoms with Crippen LogP contribution in [0.5, 0.6) is 0 Å². The molecule has 0 spiro atoms. The van der Waals surface area contributed by atoms with E-state index < -0.39 is 0 Å². The van der Waals surface area contributed by atoms with Crippen LogP contribution in [0, 0.1) is 6.92 Å². The summed E-state index contributed by atoms with van der Waals surface area (Å²) in [7, 11) is 0. The van der Waals surface area contributed by atoms with Crippen LogP contribution in [0.1, 0.15) is 19.6 Å². The molecule has 102 valence electrons. The standard InChI is InChI=1S/C15H14N2OS2/c1-10-6-7-13(19-10)15(18)16-9-8-14-17-11-4-2-3-5-12(11)20-14/h2-7H,8-9H2,1H3,(H,16,18). The second-order valence-corrected chi connectivity index (χ2v) is 6.89. The van der Waals surface area contributed by atoms with Gasteiger partial charge < -0.3 is 5.32 Å². The van der Waals surface area contributed by atoms with Gasteiger partial charge in [-0.1, -0.05) is 12.1 Å². The van der Waals surface area contributed by atoms with Crippen molar-refractivity contribution in [2.75, 3.05) is 6.54 Å². The van der Waals surface area contributed by atoms with Crippen LogP contribution in [-0.2, 0) is 6.42 Å². The smallest absolute Gasteiger partial charge is 0.261 e. The second kappa shape index (κ2) is 5.73. The average molecular weight is 302 g/mol. The fourth-order valence-corrected chi connectivity index (χ4v) is 3.70. The Morgan fingerprint density at radius 2 is 2.05 bits per heavy atom. The molecule has 0 aliphatic rings. The molecule has 3 aromatic rings. The Morgan fingerprint density at radius 1 is 1.20 bits per heavy atom. The average Bonchev–Trinajstić information content (AvgIpc) is 3.04. The molecule has 0 bridgehead atoms. The fourth-order valence-electron chi connectivity index (χ4n) is 1.95. The Labute approximate surface area is 125 Å². The summed E-state index contributed by atoms with van der Waals surface area (Å²) >= 11 is 3.21. The summed E-state index contributed by atoms with van der Waals surface area (Å²) in [6.45, 7) is 2.62. The molecule has 1 amide bonds. The first kappa shape index (κ1) is 13.3. The quantitative estimate of drug-likeness (QED) is 0.799. The molecule has 0 saturated heterocycles. The molecule has 3 rings (SSSR count). The SMILES string of the molecule is Cc1ccc(C(=O)NCCc2nc3ccccc3s2)s1. The fraction of sp³-hybridized carbons (Fsp3) is 0.200. The van der Waals surface area contributed by atoms with Crippen LogP contribution >= 0.6 is 22.7 Å². The van der Waals surface area contributed by atoms with E-state index >= 15 is 0 Å². The lowest BCUT2D eigenvalue weighted by atomic mass is 10.3. The minimum absolute atomic E-state index is 0.00390. The van der Waals surface area contributed by atoms with Gasteiger partial charge in [0.05, 0.1) is 20.1 Å². The first-order valence-corrected chi connectivity index (χ1v) is 8.05. The van der Waals surface area contributed by atoms with Gasteiger partial charge in [0.2, 0.25) is 0 Å². The number of amides is 1. The summed E-state index contributed by atoms with van der Waals surface area (Å²) < 4.78 is 1.20. The number of nitrogens with zero attached hydrogens (tertiary/aromatic N) is 1. The van der Waals surface area contributed by atoms with E-state index in [4.69, 9.17) is 0 Å². The zero-order valence-corrected chi connectivity index (χ0v) is 12.7. The van der Waals surface area contributed by atoms with Gasteiger partial charge in [0.15, 0.2) is 0 Å².